The molecule has 3 nitrogen and oxygen atoms in total. The quantitative estimate of drug-likeness (QED) is 0.762. The maximum Gasteiger partial charge on any atom is 0.152 e. The molecule has 0 saturated heterocycles. The lowest BCUT2D eigenvalue weighted by molar-refractivity contribution is -0.0104. The molecule has 1 heterocycles. The first-order valence-electron chi connectivity index (χ1n) is 2.93. The van der Waals surface area contributed by atoms with Gasteiger partial charge in [-0.1, -0.05) is 0 Å². The lowest BCUT2D eigenvalue weighted by Gasteiger charge is -2.16. The Labute approximate surface area is 73.2 Å². The lowest BCUT2D eigenvalue weighted by atomic mass is 10.3. The predicted octanol–water partition coefficient (Wildman–Crippen LogP) is 1.17. The smallest absolute Gasteiger partial charge is 0.152 e. The summed E-state index contributed by atoms with van der Waals surface area (Å²) in [6.45, 7) is 3.38. The van der Waals surface area contributed by atoms with E-state index >= 15 is 0 Å². The third kappa shape index (κ3) is 1.69. The molecule has 1 N–H and O–H groups in total. The van der Waals surface area contributed by atoms with Gasteiger partial charge in [0.1, 0.15) is 0 Å². The summed E-state index contributed by atoms with van der Waals surface area (Å²) >= 11 is 2.15. The van der Waals surface area contributed by atoms with Crippen LogP contribution in [0.3, 0.4) is 0 Å². The Morgan fingerprint density at radius 2 is 2.30 bits per heavy atom. The van der Waals surface area contributed by atoms with E-state index in [1.807, 2.05) is 0 Å². The van der Waals surface area contributed by atoms with Crippen LogP contribution in [0.2, 0.25) is 0 Å². The van der Waals surface area contributed by atoms with Gasteiger partial charge in [-0.05, 0) is 36.4 Å². The predicted molar refractivity (Wildman–Crippen MR) is 46.5 cm³/mol. The summed E-state index contributed by atoms with van der Waals surface area (Å²) < 4.78 is 2.55. The molecule has 0 aliphatic heterocycles. The van der Waals surface area contributed by atoms with Crippen molar-refractivity contribution in [1.29, 1.82) is 0 Å². The molecular weight excluding hydrogens is 243 g/mol. The van der Waals surface area contributed by atoms with Gasteiger partial charge in [-0.2, -0.15) is 5.10 Å². The standard InChI is InChI=1S/C6H9IN2O/c1-6(2,10)9-4-5(7)3-8-9/h3-4,10H,1-2H3. The Kier molecular flexibility index (Phi) is 2.00. The van der Waals surface area contributed by atoms with E-state index in [1.165, 1.54) is 4.68 Å². The summed E-state index contributed by atoms with van der Waals surface area (Å²) in [5.41, 5.74) is -0.885. The molecular formula is C6H9IN2O. The van der Waals surface area contributed by atoms with Gasteiger partial charge in [0.05, 0.1) is 9.77 Å². The highest BCUT2D eigenvalue weighted by Gasteiger charge is 2.14. The Balaban J connectivity index is 2.96. The molecule has 0 unspecified atom stereocenters. The fourth-order valence-corrected chi connectivity index (χ4v) is 0.988. The monoisotopic (exact) mass is 252 g/mol. The van der Waals surface area contributed by atoms with E-state index < -0.39 is 5.72 Å². The normalized spacial score (nSPS) is 12.0. The fourth-order valence-electron chi connectivity index (χ4n) is 0.600. The van der Waals surface area contributed by atoms with Gasteiger partial charge in [0, 0.05) is 6.20 Å². The Hall–Kier alpha value is -0.100. The minimum atomic E-state index is -0.885. The number of rotatable bonds is 1. The Bertz CT molecular complexity index is 226. The third-order valence-corrected chi connectivity index (χ3v) is 1.67. The number of aromatic nitrogens is 2. The van der Waals surface area contributed by atoms with Gasteiger partial charge in [-0.15, -0.1) is 0 Å². The largest absolute Gasteiger partial charge is 0.370 e. The summed E-state index contributed by atoms with van der Waals surface area (Å²) in [7, 11) is 0. The first-order valence-corrected chi connectivity index (χ1v) is 4.01. The van der Waals surface area contributed by atoms with E-state index in [0.717, 1.165) is 3.57 Å². The summed E-state index contributed by atoms with van der Waals surface area (Å²) in [4.78, 5) is 0. The van der Waals surface area contributed by atoms with Crippen molar-refractivity contribution in [2.24, 2.45) is 0 Å². The van der Waals surface area contributed by atoms with Gasteiger partial charge < -0.3 is 5.11 Å². The van der Waals surface area contributed by atoms with E-state index in [9.17, 15) is 5.11 Å². The van der Waals surface area contributed by atoms with Crippen molar-refractivity contribution in [3.63, 3.8) is 0 Å². The highest BCUT2D eigenvalue weighted by Crippen LogP contribution is 2.10. The summed E-state index contributed by atoms with van der Waals surface area (Å²) in [5, 5.41) is 13.3. The zero-order valence-electron chi connectivity index (χ0n) is 5.87. The van der Waals surface area contributed by atoms with Crippen molar-refractivity contribution in [2.75, 3.05) is 0 Å². The molecule has 1 rings (SSSR count). The highest BCUT2D eigenvalue weighted by atomic mass is 127. The summed E-state index contributed by atoms with van der Waals surface area (Å²) in [6, 6.07) is 0. The highest BCUT2D eigenvalue weighted by molar-refractivity contribution is 14.1. The molecule has 10 heavy (non-hydrogen) atoms. The molecule has 0 bridgehead atoms. The van der Waals surface area contributed by atoms with Crippen LogP contribution in [0.1, 0.15) is 13.8 Å². The van der Waals surface area contributed by atoms with Crippen LogP contribution in [-0.4, -0.2) is 14.9 Å². The molecule has 4 heteroatoms. The van der Waals surface area contributed by atoms with Gasteiger partial charge in [-0.25, -0.2) is 4.68 Å². The number of hydrogen-bond acceptors (Lipinski definition) is 2. The second kappa shape index (κ2) is 2.50. The second-order valence-corrected chi connectivity index (χ2v) is 3.84. The molecule has 0 radical (unpaired) electrons. The van der Waals surface area contributed by atoms with Crippen molar-refractivity contribution in [2.45, 2.75) is 19.6 Å². The van der Waals surface area contributed by atoms with E-state index in [4.69, 9.17) is 0 Å². The molecule has 1 aromatic rings. The van der Waals surface area contributed by atoms with Gasteiger partial charge in [-0.3, -0.25) is 0 Å². The Morgan fingerprint density at radius 3 is 2.50 bits per heavy atom. The van der Waals surface area contributed by atoms with Crippen LogP contribution in [0.4, 0.5) is 0 Å². The molecule has 0 aromatic carbocycles. The van der Waals surface area contributed by atoms with Gasteiger partial charge in [0.15, 0.2) is 5.72 Å². The first-order chi connectivity index (χ1) is 4.50. The molecule has 0 atom stereocenters. The molecule has 56 valence electrons. The average Bonchev–Trinajstić information content (AvgIpc) is 2.11. The van der Waals surface area contributed by atoms with Crippen LogP contribution >= 0.6 is 22.6 Å². The molecule has 0 fully saturated rings. The molecule has 0 aliphatic rings. The van der Waals surface area contributed by atoms with Crippen molar-refractivity contribution in [3.05, 3.63) is 16.0 Å². The average molecular weight is 252 g/mol. The van der Waals surface area contributed by atoms with Crippen LogP contribution in [-0.2, 0) is 5.72 Å². The lowest BCUT2D eigenvalue weighted by Crippen LogP contribution is -2.25. The summed E-state index contributed by atoms with van der Waals surface area (Å²) in [5.74, 6) is 0. The zero-order valence-corrected chi connectivity index (χ0v) is 8.03. The summed E-state index contributed by atoms with van der Waals surface area (Å²) in [6.07, 6.45) is 3.50. The number of halogens is 1. The van der Waals surface area contributed by atoms with Crippen molar-refractivity contribution < 1.29 is 5.11 Å². The van der Waals surface area contributed by atoms with E-state index in [1.54, 1.807) is 26.2 Å². The SMILES string of the molecule is CC(C)(O)n1cc(I)cn1. The molecule has 0 saturated carbocycles. The van der Waals surface area contributed by atoms with Crippen LogP contribution in [0, 0.1) is 3.57 Å². The number of aliphatic hydroxyl groups is 1. The second-order valence-electron chi connectivity index (χ2n) is 2.60. The van der Waals surface area contributed by atoms with E-state index in [0.29, 0.717) is 0 Å². The fraction of sp³-hybridized carbons (Fsp3) is 0.500. The molecule has 0 spiro atoms. The van der Waals surface area contributed by atoms with E-state index in [-0.39, 0.29) is 0 Å². The molecule has 1 aromatic heterocycles. The molecule has 0 amide bonds. The first kappa shape index (κ1) is 8.00. The maximum atomic E-state index is 9.40. The van der Waals surface area contributed by atoms with Gasteiger partial charge >= 0.3 is 0 Å². The van der Waals surface area contributed by atoms with Crippen molar-refractivity contribution >= 4 is 22.6 Å². The van der Waals surface area contributed by atoms with Crippen LogP contribution in [0.5, 0.6) is 0 Å². The van der Waals surface area contributed by atoms with Crippen molar-refractivity contribution in [1.82, 2.24) is 9.78 Å². The van der Waals surface area contributed by atoms with Crippen LogP contribution in [0.25, 0.3) is 0 Å². The maximum absolute atomic E-state index is 9.40. The minimum Gasteiger partial charge on any atom is -0.370 e. The topological polar surface area (TPSA) is 38.0 Å². The zero-order chi connectivity index (χ0) is 7.78. The number of hydrogen-bond donors (Lipinski definition) is 1. The van der Waals surface area contributed by atoms with Gasteiger partial charge in [0.2, 0.25) is 0 Å². The number of nitrogens with zero attached hydrogens (tertiary/aromatic N) is 2. The van der Waals surface area contributed by atoms with E-state index in [2.05, 4.69) is 27.7 Å². The van der Waals surface area contributed by atoms with Crippen LogP contribution < -0.4 is 0 Å². The minimum absolute atomic E-state index is 0.885. The Morgan fingerprint density at radius 1 is 1.70 bits per heavy atom. The van der Waals surface area contributed by atoms with Crippen LogP contribution in [0.15, 0.2) is 12.4 Å². The van der Waals surface area contributed by atoms with Gasteiger partial charge in [0.25, 0.3) is 0 Å². The van der Waals surface area contributed by atoms with Crippen molar-refractivity contribution in [3.8, 4) is 0 Å². The molecule has 0 aliphatic carbocycles. The third-order valence-electron chi connectivity index (χ3n) is 1.11.